The lowest BCUT2D eigenvalue weighted by molar-refractivity contribution is -0.940. The van der Waals surface area contributed by atoms with Crippen LogP contribution in [-0.2, 0) is 34.5 Å². The van der Waals surface area contributed by atoms with Gasteiger partial charge in [-0.15, -0.1) is 0 Å². The number of aromatic nitrogens is 5. The second-order valence-corrected chi connectivity index (χ2v) is 15.2. The Balaban J connectivity index is 1.27. The number of anilines is 4. The van der Waals surface area contributed by atoms with Crippen LogP contribution in [0.15, 0.2) is 55.3 Å². The third-order valence-electron chi connectivity index (χ3n) is 10.1. The van der Waals surface area contributed by atoms with E-state index in [0.29, 0.717) is 17.1 Å². The van der Waals surface area contributed by atoms with E-state index in [2.05, 4.69) is 20.3 Å². The Bertz CT molecular complexity index is 2330. The molecule has 0 saturated carbocycles. The number of hydrogen-bond donors (Lipinski definition) is 1. The number of nitrogens with zero attached hydrogens (tertiary/aromatic N) is 10. The summed E-state index contributed by atoms with van der Waals surface area (Å²) in [4.78, 5) is 72.5. The van der Waals surface area contributed by atoms with E-state index >= 15 is 0 Å². The van der Waals surface area contributed by atoms with Crippen LogP contribution in [0.2, 0.25) is 10.0 Å². The fourth-order valence-electron chi connectivity index (χ4n) is 6.87. The summed E-state index contributed by atoms with van der Waals surface area (Å²) in [5.74, 6) is -2.79. The van der Waals surface area contributed by atoms with Gasteiger partial charge >= 0.3 is 24.0 Å². The number of quaternary nitrogens is 1. The number of nitrogens with one attached hydrogen (secondary N) is 1. The van der Waals surface area contributed by atoms with Crippen LogP contribution in [0.3, 0.4) is 0 Å². The number of aryl methyl sites for hydroxylation is 1. The SMILES string of the molecule is COc1cc(OC)c(Cl)c(N2Cc3cnc(Nc4ccncc4)nc3N(C3CCN(C(=O)/C=C/C(OC(=O)C(F)(F)F)[N+](C)(C)Cc4c([N+](=O)[O-])ncn4C)CC3)C2=O)c1Cl. The number of ether oxygens (including phenoxy) is 3. The van der Waals surface area contributed by atoms with Crippen molar-refractivity contribution in [3.05, 3.63) is 86.7 Å². The molecule has 1 saturated heterocycles. The minimum atomic E-state index is -5.37. The van der Waals surface area contributed by atoms with E-state index < -0.39 is 51.6 Å². The molecule has 1 atom stereocenters. The molecule has 5 heterocycles. The number of piperidine rings is 1. The molecular formula is C37H39Cl2F3N11O8+. The first-order chi connectivity index (χ1) is 28.8. The van der Waals surface area contributed by atoms with E-state index in [9.17, 15) is 37.7 Å². The number of rotatable bonds is 13. The van der Waals surface area contributed by atoms with Crippen LogP contribution < -0.4 is 24.6 Å². The molecule has 2 aliphatic rings. The first-order valence-corrected chi connectivity index (χ1v) is 19.1. The lowest BCUT2D eigenvalue weighted by Gasteiger charge is -2.43. The molecule has 1 unspecified atom stereocenters. The zero-order valence-corrected chi connectivity index (χ0v) is 34.7. The van der Waals surface area contributed by atoms with Gasteiger partial charge in [-0.05, 0) is 34.9 Å². The maximum Gasteiger partial charge on any atom is 0.491 e. The molecule has 1 N–H and O–H groups in total. The standard InChI is InChI=1S/C37H39Cl2F3N11O8/c1-48-20-45-33(52(57)58)24(48)19-53(2,3)28(61-34(55)37(40,41)42)7-6-27(54)49-14-10-23(11-15-49)51-32-21(17-44-35(47-32)46-22-8-12-43-13-9-22)18-50(36(51)56)31-29(38)25(59-4)16-26(60-5)30(31)39/h6-9,12-13,16-17,20,23,28H,10-11,14-15,18-19H2,1-5H3,(H,43,44,46,47)/q+1/b7-6+. The zero-order chi connectivity index (χ0) is 44.4. The van der Waals surface area contributed by atoms with Crippen molar-refractivity contribution in [2.45, 2.75) is 44.4 Å². The second-order valence-electron chi connectivity index (χ2n) is 14.4. The van der Waals surface area contributed by atoms with E-state index in [-0.39, 0.29) is 77.9 Å². The van der Waals surface area contributed by atoms with Gasteiger partial charge in [0.25, 0.3) is 6.23 Å². The molecule has 0 bridgehead atoms. The lowest BCUT2D eigenvalue weighted by Crippen LogP contribution is -2.56. The van der Waals surface area contributed by atoms with Gasteiger partial charge in [0.05, 0.1) is 40.5 Å². The fraction of sp³-hybridized carbons (Fsp3) is 0.378. The number of urea groups is 1. The molecule has 0 radical (unpaired) electrons. The number of methoxy groups -OCH3 is 2. The number of pyridine rings is 1. The highest BCUT2D eigenvalue weighted by atomic mass is 35.5. The quantitative estimate of drug-likeness (QED) is 0.0423. The Morgan fingerprint density at radius 3 is 2.33 bits per heavy atom. The van der Waals surface area contributed by atoms with Crippen LogP contribution in [0.4, 0.5) is 46.9 Å². The lowest BCUT2D eigenvalue weighted by atomic mass is 10.0. The monoisotopic (exact) mass is 892 g/mol. The summed E-state index contributed by atoms with van der Waals surface area (Å²) in [6.45, 7) is -0.180. The number of likely N-dealkylation sites (tertiary alicyclic amines) is 1. The Morgan fingerprint density at radius 1 is 1.10 bits per heavy atom. The van der Waals surface area contributed by atoms with Crippen molar-refractivity contribution in [3.63, 3.8) is 0 Å². The van der Waals surface area contributed by atoms with E-state index in [1.165, 1.54) is 67.0 Å². The number of fused-ring (bicyclic) bond motifs is 1. The highest BCUT2D eigenvalue weighted by Gasteiger charge is 2.46. The summed E-state index contributed by atoms with van der Waals surface area (Å²) in [6, 6.07) is 3.81. The van der Waals surface area contributed by atoms with E-state index in [1.807, 2.05) is 0 Å². The zero-order valence-electron chi connectivity index (χ0n) is 33.2. The summed E-state index contributed by atoms with van der Waals surface area (Å²) in [7, 11) is 7.03. The Hall–Kier alpha value is -6.26. The molecule has 4 aromatic rings. The average molecular weight is 894 g/mol. The number of carbonyl (C=O) groups is 3. The number of imidazole rings is 1. The Labute approximate surface area is 356 Å². The number of halogens is 5. The first-order valence-electron chi connectivity index (χ1n) is 18.3. The molecule has 1 aromatic carbocycles. The van der Waals surface area contributed by atoms with Crippen LogP contribution in [0, 0.1) is 10.1 Å². The normalized spacial score (nSPS) is 15.4. The van der Waals surface area contributed by atoms with Crippen LogP contribution in [0.25, 0.3) is 0 Å². The minimum absolute atomic E-state index is 0.0397. The van der Waals surface area contributed by atoms with Gasteiger partial charge in [0.15, 0.2) is 5.69 Å². The Kier molecular flexibility index (Phi) is 12.9. The van der Waals surface area contributed by atoms with Crippen molar-refractivity contribution < 1.29 is 51.2 Å². The topological polar surface area (TPSA) is 200 Å². The van der Waals surface area contributed by atoms with Gasteiger partial charge in [0.2, 0.25) is 18.2 Å². The molecule has 24 heteroatoms. The molecule has 1 fully saturated rings. The number of likely N-dealkylation sites (N-methyl/N-ethyl adjacent to an activating group) is 1. The highest BCUT2D eigenvalue weighted by Crippen LogP contribution is 2.48. The van der Waals surface area contributed by atoms with Crippen molar-refractivity contribution in [2.24, 2.45) is 7.05 Å². The molecule has 0 aliphatic carbocycles. The van der Waals surface area contributed by atoms with Crippen molar-refractivity contribution in [1.82, 2.24) is 29.4 Å². The van der Waals surface area contributed by atoms with Crippen molar-refractivity contribution in [1.29, 1.82) is 0 Å². The first kappa shape index (κ1) is 44.3. The number of nitro groups is 1. The highest BCUT2D eigenvalue weighted by molar-refractivity contribution is 6.42. The van der Waals surface area contributed by atoms with Gasteiger partial charge in [-0.25, -0.2) is 14.6 Å². The maximum atomic E-state index is 14.7. The van der Waals surface area contributed by atoms with Gasteiger partial charge in [0, 0.05) is 74.2 Å². The number of benzene rings is 1. The van der Waals surface area contributed by atoms with Crippen LogP contribution in [0.5, 0.6) is 11.5 Å². The number of alkyl halides is 3. The molecule has 0 spiro atoms. The van der Waals surface area contributed by atoms with Gasteiger partial charge < -0.3 is 39.1 Å². The maximum absolute atomic E-state index is 14.7. The molecule has 324 valence electrons. The van der Waals surface area contributed by atoms with Crippen LogP contribution >= 0.6 is 23.2 Å². The van der Waals surface area contributed by atoms with E-state index in [0.717, 1.165) is 12.2 Å². The number of esters is 1. The minimum Gasteiger partial charge on any atom is -0.495 e. The molecule has 2 aliphatic heterocycles. The van der Waals surface area contributed by atoms with Gasteiger partial charge in [-0.2, -0.15) is 18.2 Å². The summed E-state index contributed by atoms with van der Waals surface area (Å²) < 4.78 is 56.7. The molecule has 3 aromatic heterocycles. The van der Waals surface area contributed by atoms with Crippen LogP contribution in [0.1, 0.15) is 24.1 Å². The third-order valence-corrected chi connectivity index (χ3v) is 10.8. The molecular weight excluding hydrogens is 854 g/mol. The Morgan fingerprint density at radius 2 is 1.74 bits per heavy atom. The van der Waals surface area contributed by atoms with Gasteiger partial charge in [0.1, 0.15) is 33.9 Å². The second kappa shape index (κ2) is 17.8. The number of amides is 3. The number of hydrogen-bond acceptors (Lipinski definition) is 13. The molecule has 61 heavy (non-hydrogen) atoms. The van der Waals surface area contributed by atoms with E-state index in [1.54, 1.807) is 30.7 Å². The van der Waals surface area contributed by atoms with Crippen molar-refractivity contribution in [2.75, 3.05) is 56.5 Å². The third kappa shape index (κ3) is 9.40. The average Bonchev–Trinajstić information content (AvgIpc) is 3.58. The summed E-state index contributed by atoms with van der Waals surface area (Å²) >= 11 is 13.5. The summed E-state index contributed by atoms with van der Waals surface area (Å²) in [5, 5.41) is 14.8. The molecule has 6 rings (SSSR count). The predicted octanol–water partition coefficient (Wildman–Crippen LogP) is 5.78. The molecule has 19 nitrogen and oxygen atoms in total. The fourth-order valence-corrected chi connectivity index (χ4v) is 7.58. The van der Waals surface area contributed by atoms with E-state index in [4.69, 9.17) is 42.4 Å². The smallest absolute Gasteiger partial charge is 0.491 e. The number of carbonyl (C=O) groups excluding carboxylic acids is 3. The van der Waals surface area contributed by atoms with Crippen LogP contribution in [-0.4, -0.2) is 117 Å². The van der Waals surface area contributed by atoms with Gasteiger partial charge in [-0.1, -0.05) is 23.2 Å². The predicted molar refractivity (Wildman–Crippen MR) is 214 cm³/mol. The van der Waals surface area contributed by atoms with Gasteiger partial charge in [-0.3, -0.25) is 24.1 Å². The van der Waals surface area contributed by atoms with Crippen molar-refractivity contribution >= 4 is 70.1 Å². The summed E-state index contributed by atoms with van der Waals surface area (Å²) in [5.41, 5.74) is 1.34. The molecule has 3 amide bonds. The summed E-state index contributed by atoms with van der Waals surface area (Å²) in [6.07, 6.45) is 1.25. The van der Waals surface area contributed by atoms with Crippen molar-refractivity contribution in [3.8, 4) is 11.5 Å². The largest absolute Gasteiger partial charge is 0.495 e.